The molecule has 0 unspecified atom stereocenters. The SMILES string of the molecule is C=C.C=c1oc2cccc(C#N)c2c(=O)/c1=C/C. The van der Waals surface area contributed by atoms with E-state index in [2.05, 4.69) is 19.7 Å². The zero-order chi connectivity index (χ0) is 13.7. The molecule has 0 radical (unpaired) electrons. The molecule has 0 amide bonds. The lowest BCUT2D eigenvalue weighted by molar-refractivity contribution is 0.560. The van der Waals surface area contributed by atoms with Crippen LogP contribution in [0.3, 0.4) is 0 Å². The number of fused-ring (bicyclic) bond motifs is 1. The average Bonchev–Trinajstić information content (AvgIpc) is 2.40. The van der Waals surface area contributed by atoms with E-state index in [1.54, 1.807) is 31.2 Å². The summed E-state index contributed by atoms with van der Waals surface area (Å²) in [5.41, 5.74) is 0.856. The fourth-order valence-corrected chi connectivity index (χ4v) is 1.68. The maximum Gasteiger partial charge on any atom is 0.201 e. The molecule has 0 aliphatic rings. The van der Waals surface area contributed by atoms with Crippen LogP contribution in [0.25, 0.3) is 23.6 Å². The van der Waals surface area contributed by atoms with Crippen molar-refractivity contribution in [2.75, 3.05) is 0 Å². The molecule has 0 spiro atoms. The molecule has 0 atom stereocenters. The maximum atomic E-state index is 12.1. The predicted octanol–water partition coefficient (Wildman–Crippen LogP) is 1.68. The van der Waals surface area contributed by atoms with Gasteiger partial charge in [0.2, 0.25) is 5.43 Å². The molecule has 0 N–H and O–H groups in total. The molecular formula is C15H13NO2. The van der Waals surface area contributed by atoms with Gasteiger partial charge >= 0.3 is 0 Å². The average molecular weight is 239 g/mol. The van der Waals surface area contributed by atoms with Crippen molar-refractivity contribution in [2.45, 2.75) is 6.92 Å². The molecule has 1 aromatic heterocycles. The number of rotatable bonds is 0. The zero-order valence-corrected chi connectivity index (χ0v) is 10.2. The standard InChI is InChI=1S/C13H9NO2.C2H4/c1-3-10-8(2)16-11-6-4-5-9(7-14)12(11)13(10)15;1-2/h3-6H,2H2,1H3;1-2H2/b10-3+;. The Bertz CT molecular complexity index is 779. The summed E-state index contributed by atoms with van der Waals surface area (Å²) in [4.78, 5) is 12.1. The monoisotopic (exact) mass is 239 g/mol. The van der Waals surface area contributed by atoms with Gasteiger partial charge in [-0.3, -0.25) is 4.79 Å². The summed E-state index contributed by atoms with van der Waals surface area (Å²) in [5.74, 6) is 0. The highest BCUT2D eigenvalue weighted by Crippen LogP contribution is 2.11. The van der Waals surface area contributed by atoms with E-state index in [-0.39, 0.29) is 5.43 Å². The molecule has 0 saturated carbocycles. The van der Waals surface area contributed by atoms with Gasteiger partial charge in [0.25, 0.3) is 0 Å². The van der Waals surface area contributed by atoms with Crippen LogP contribution in [0.4, 0.5) is 0 Å². The number of benzene rings is 1. The van der Waals surface area contributed by atoms with Crippen LogP contribution in [0.2, 0.25) is 0 Å². The van der Waals surface area contributed by atoms with Crippen LogP contribution in [-0.2, 0) is 0 Å². The van der Waals surface area contributed by atoms with E-state index < -0.39 is 0 Å². The molecule has 0 saturated heterocycles. The lowest BCUT2D eigenvalue weighted by atomic mass is 10.1. The Balaban J connectivity index is 0.000000771. The minimum absolute atomic E-state index is 0.203. The summed E-state index contributed by atoms with van der Waals surface area (Å²) in [6.45, 7) is 11.4. The van der Waals surface area contributed by atoms with Gasteiger partial charge in [0.1, 0.15) is 17.1 Å². The van der Waals surface area contributed by atoms with Crippen LogP contribution in [0.15, 0.2) is 40.6 Å². The summed E-state index contributed by atoms with van der Waals surface area (Å²) in [5, 5.41) is 9.67. The van der Waals surface area contributed by atoms with Crippen LogP contribution in [0.5, 0.6) is 0 Å². The second-order valence-corrected chi connectivity index (χ2v) is 3.35. The normalized spacial score (nSPS) is 10.6. The van der Waals surface area contributed by atoms with Gasteiger partial charge in [-0.05, 0) is 19.1 Å². The lowest BCUT2D eigenvalue weighted by Gasteiger charge is -1.98. The Morgan fingerprint density at radius 1 is 1.39 bits per heavy atom. The van der Waals surface area contributed by atoms with Crippen LogP contribution < -0.4 is 16.1 Å². The number of nitrogens with zero attached hydrogens (tertiary/aromatic N) is 1. The largest absolute Gasteiger partial charge is 0.456 e. The van der Waals surface area contributed by atoms with E-state index in [0.29, 0.717) is 27.2 Å². The molecule has 0 aliphatic carbocycles. The Morgan fingerprint density at radius 2 is 2.06 bits per heavy atom. The maximum absolute atomic E-state index is 12.1. The van der Waals surface area contributed by atoms with Crippen LogP contribution >= 0.6 is 0 Å². The molecule has 1 aromatic carbocycles. The number of nitriles is 1. The summed E-state index contributed by atoms with van der Waals surface area (Å²) in [6.07, 6.45) is 1.64. The zero-order valence-electron chi connectivity index (χ0n) is 10.2. The first-order valence-electron chi connectivity index (χ1n) is 5.30. The molecule has 18 heavy (non-hydrogen) atoms. The lowest BCUT2D eigenvalue weighted by Crippen LogP contribution is -2.37. The highest BCUT2D eigenvalue weighted by atomic mass is 16.3. The molecule has 2 rings (SSSR count). The molecule has 0 fully saturated rings. The second-order valence-electron chi connectivity index (χ2n) is 3.35. The number of hydrogen-bond acceptors (Lipinski definition) is 3. The summed E-state index contributed by atoms with van der Waals surface area (Å²) < 4.78 is 5.41. The van der Waals surface area contributed by atoms with E-state index in [4.69, 9.17) is 9.68 Å². The van der Waals surface area contributed by atoms with Crippen LogP contribution in [-0.4, -0.2) is 0 Å². The molecule has 3 heteroatoms. The van der Waals surface area contributed by atoms with Gasteiger partial charge in [-0.25, -0.2) is 0 Å². The van der Waals surface area contributed by atoms with Crippen LogP contribution in [0.1, 0.15) is 12.5 Å². The van der Waals surface area contributed by atoms with Crippen molar-refractivity contribution in [3.63, 3.8) is 0 Å². The Morgan fingerprint density at radius 3 is 2.61 bits per heavy atom. The first-order valence-corrected chi connectivity index (χ1v) is 5.30. The molecule has 3 nitrogen and oxygen atoms in total. The third-order valence-corrected chi connectivity index (χ3v) is 2.44. The highest BCUT2D eigenvalue weighted by Gasteiger charge is 2.07. The first-order chi connectivity index (χ1) is 8.69. The van der Waals surface area contributed by atoms with Crippen molar-refractivity contribution < 1.29 is 4.42 Å². The van der Waals surface area contributed by atoms with Gasteiger partial charge < -0.3 is 4.42 Å². The Labute approximate surface area is 105 Å². The van der Waals surface area contributed by atoms with Gasteiger partial charge in [0, 0.05) is 0 Å². The van der Waals surface area contributed by atoms with E-state index in [0.717, 1.165) is 0 Å². The molecule has 0 bridgehead atoms. The van der Waals surface area contributed by atoms with Crippen molar-refractivity contribution in [1.82, 2.24) is 0 Å². The predicted molar refractivity (Wildman–Crippen MR) is 73.4 cm³/mol. The van der Waals surface area contributed by atoms with Gasteiger partial charge in [-0.1, -0.05) is 18.7 Å². The van der Waals surface area contributed by atoms with E-state index in [9.17, 15) is 4.79 Å². The highest BCUT2D eigenvalue weighted by molar-refractivity contribution is 5.82. The van der Waals surface area contributed by atoms with Crippen molar-refractivity contribution in [1.29, 1.82) is 5.26 Å². The van der Waals surface area contributed by atoms with E-state index in [1.165, 1.54) is 0 Å². The third kappa shape index (κ3) is 2.09. The van der Waals surface area contributed by atoms with Crippen molar-refractivity contribution in [3.05, 3.63) is 57.8 Å². The van der Waals surface area contributed by atoms with Gasteiger partial charge in [0.15, 0.2) is 0 Å². The summed E-state index contributed by atoms with van der Waals surface area (Å²) in [6, 6.07) is 6.92. The smallest absolute Gasteiger partial charge is 0.201 e. The fourth-order valence-electron chi connectivity index (χ4n) is 1.68. The first kappa shape index (κ1) is 13.5. The molecular weight excluding hydrogens is 226 g/mol. The Hall–Kier alpha value is -2.60. The molecule has 0 aliphatic heterocycles. The van der Waals surface area contributed by atoms with Crippen molar-refractivity contribution >= 4 is 23.6 Å². The van der Waals surface area contributed by atoms with Gasteiger partial charge in [0.05, 0.1) is 16.2 Å². The van der Waals surface area contributed by atoms with E-state index >= 15 is 0 Å². The van der Waals surface area contributed by atoms with Crippen molar-refractivity contribution in [3.8, 4) is 6.07 Å². The molecule has 90 valence electrons. The summed E-state index contributed by atoms with van der Waals surface area (Å²) in [7, 11) is 0. The minimum Gasteiger partial charge on any atom is -0.456 e. The van der Waals surface area contributed by atoms with Gasteiger partial charge in [-0.15, -0.1) is 13.2 Å². The molecule has 2 aromatic rings. The quantitative estimate of drug-likeness (QED) is 0.657. The third-order valence-electron chi connectivity index (χ3n) is 2.44. The Kier molecular flexibility index (Phi) is 4.22. The van der Waals surface area contributed by atoms with Gasteiger partial charge in [-0.2, -0.15) is 5.26 Å². The topological polar surface area (TPSA) is 54.0 Å². The second kappa shape index (κ2) is 5.65. The number of hydrogen-bond donors (Lipinski definition) is 0. The fraction of sp³-hybridized carbons (Fsp3) is 0.0667. The minimum atomic E-state index is -0.203. The van der Waals surface area contributed by atoms with Crippen molar-refractivity contribution in [2.24, 2.45) is 0 Å². The van der Waals surface area contributed by atoms with Crippen LogP contribution in [0, 0.1) is 11.3 Å². The van der Waals surface area contributed by atoms with E-state index in [1.807, 2.05) is 6.07 Å². The molecule has 1 heterocycles. The summed E-state index contributed by atoms with van der Waals surface area (Å²) >= 11 is 0.